The zero-order chi connectivity index (χ0) is 18.6. The van der Waals surface area contributed by atoms with E-state index in [2.05, 4.69) is 5.10 Å². The largest absolute Gasteiger partial charge is 0.416 e. The summed E-state index contributed by atoms with van der Waals surface area (Å²) in [6.45, 7) is 0. The highest BCUT2D eigenvalue weighted by Gasteiger charge is 2.30. The fraction of sp³-hybridized carbons (Fsp3) is 0.0667. The molecule has 0 saturated carbocycles. The molecule has 1 N–H and O–H groups in total. The Labute approximate surface area is 144 Å². The van der Waals surface area contributed by atoms with Gasteiger partial charge in [-0.1, -0.05) is 17.7 Å². The van der Waals surface area contributed by atoms with E-state index in [1.807, 2.05) is 5.43 Å². The fourth-order valence-electron chi connectivity index (χ4n) is 1.81. The fourth-order valence-corrected chi connectivity index (χ4v) is 1.97. The highest BCUT2D eigenvalue weighted by molar-refractivity contribution is 6.33. The van der Waals surface area contributed by atoms with Crippen molar-refractivity contribution in [3.63, 3.8) is 0 Å². The van der Waals surface area contributed by atoms with E-state index in [0.717, 1.165) is 24.4 Å². The lowest BCUT2D eigenvalue weighted by atomic mass is 10.1. The van der Waals surface area contributed by atoms with Crippen LogP contribution in [0.1, 0.15) is 21.5 Å². The first-order chi connectivity index (χ1) is 11.7. The van der Waals surface area contributed by atoms with Crippen molar-refractivity contribution in [3.05, 3.63) is 74.3 Å². The van der Waals surface area contributed by atoms with Crippen molar-refractivity contribution in [2.24, 2.45) is 5.10 Å². The van der Waals surface area contributed by atoms with Crippen LogP contribution in [0.15, 0.2) is 47.6 Å². The molecule has 2 rings (SSSR count). The molecule has 0 aromatic heterocycles. The number of hydrogen-bond donors (Lipinski definition) is 1. The maximum Gasteiger partial charge on any atom is 0.416 e. The lowest BCUT2D eigenvalue weighted by molar-refractivity contribution is -0.384. The Balaban J connectivity index is 2.14. The van der Waals surface area contributed by atoms with E-state index in [-0.39, 0.29) is 21.8 Å². The molecule has 0 spiro atoms. The molecule has 0 aliphatic heterocycles. The van der Waals surface area contributed by atoms with Crippen LogP contribution < -0.4 is 5.43 Å². The third-order valence-corrected chi connectivity index (χ3v) is 3.36. The molecule has 10 heteroatoms. The molecule has 0 heterocycles. The van der Waals surface area contributed by atoms with Crippen LogP contribution in [0, 0.1) is 10.1 Å². The molecule has 0 aliphatic rings. The lowest BCUT2D eigenvalue weighted by Gasteiger charge is -2.07. The Hall–Kier alpha value is -2.94. The predicted molar refractivity (Wildman–Crippen MR) is 84.6 cm³/mol. The Kier molecular flexibility index (Phi) is 5.38. The van der Waals surface area contributed by atoms with Crippen molar-refractivity contribution in [1.82, 2.24) is 5.43 Å². The third kappa shape index (κ3) is 4.77. The number of nitrogens with zero attached hydrogens (tertiary/aromatic N) is 2. The minimum absolute atomic E-state index is 0.155. The van der Waals surface area contributed by atoms with E-state index in [1.54, 1.807) is 0 Å². The zero-order valence-electron chi connectivity index (χ0n) is 12.2. The van der Waals surface area contributed by atoms with Gasteiger partial charge < -0.3 is 0 Å². The quantitative estimate of drug-likeness (QED) is 0.500. The number of alkyl halides is 3. The Bertz CT molecular complexity index is 853. The Morgan fingerprint density at radius 1 is 1.24 bits per heavy atom. The number of non-ortho nitro benzene ring substituents is 1. The number of nitro groups is 1. The molecule has 0 unspecified atom stereocenters. The molecule has 6 nitrogen and oxygen atoms in total. The van der Waals surface area contributed by atoms with Crippen molar-refractivity contribution >= 4 is 29.4 Å². The second-order valence-electron chi connectivity index (χ2n) is 4.74. The molecule has 0 fully saturated rings. The van der Waals surface area contributed by atoms with Crippen molar-refractivity contribution in [2.45, 2.75) is 6.18 Å². The smallest absolute Gasteiger partial charge is 0.267 e. The van der Waals surface area contributed by atoms with E-state index in [0.29, 0.717) is 6.07 Å². The SMILES string of the molecule is O=C(NN=Cc1cc([N+](=O)[O-])ccc1Cl)c1cccc(C(F)(F)F)c1. The summed E-state index contributed by atoms with van der Waals surface area (Å²) in [6.07, 6.45) is -3.52. The van der Waals surface area contributed by atoms with Gasteiger partial charge in [-0.25, -0.2) is 5.43 Å². The molecule has 0 atom stereocenters. The Morgan fingerprint density at radius 3 is 2.60 bits per heavy atom. The zero-order valence-corrected chi connectivity index (χ0v) is 13.0. The van der Waals surface area contributed by atoms with E-state index in [1.165, 1.54) is 18.2 Å². The van der Waals surface area contributed by atoms with Crippen LogP contribution in [-0.4, -0.2) is 17.0 Å². The topological polar surface area (TPSA) is 84.6 Å². The number of rotatable bonds is 4. The van der Waals surface area contributed by atoms with Gasteiger partial charge in [-0.3, -0.25) is 14.9 Å². The first-order valence-electron chi connectivity index (χ1n) is 6.63. The van der Waals surface area contributed by atoms with Crippen molar-refractivity contribution in [2.75, 3.05) is 0 Å². The maximum atomic E-state index is 12.6. The number of hydrazone groups is 1. The van der Waals surface area contributed by atoms with Crippen LogP contribution in [0.4, 0.5) is 18.9 Å². The maximum absolute atomic E-state index is 12.6. The van der Waals surface area contributed by atoms with Gasteiger partial charge in [-0.2, -0.15) is 18.3 Å². The van der Waals surface area contributed by atoms with Gasteiger partial charge in [-0.05, 0) is 24.3 Å². The molecule has 130 valence electrons. The summed E-state index contributed by atoms with van der Waals surface area (Å²) >= 11 is 5.85. The lowest BCUT2D eigenvalue weighted by Crippen LogP contribution is -2.18. The number of hydrogen-bond acceptors (Lipinski definition) is 4. The number of amides is 1. The van der Waals surface area contributed by atoms with Crippen molar-refractivity contribution in [3.8, 4) is 0 Å². The highest BCUT2D eigenvalue weighted by atomic mass is 35.5. The monoisotopic (exact) mass is 371 g/mol. The number of benzene rings is 2. The normalized spacial score (nSPS) is 11.5. The van der Waals surface area contributed by atoms with Crippen LogP contribution in [0.5, 0.6) is 0 Å². The minimum atomic E-state index is -4.57. The first kappa shape index (κ1) is 18.4. The second-order valence-corrected chi connectivity index (χ2v) is 5.15. The number of carbonyl (C=O) groups is 1. The molecule has 0 saturated heterocycles. The summed E-state index contributed by atoms with van der Waals surface area (Å²) in [4.78, 5) is 21.9. The van der Waals surface area contributed by atoms with Crippen LogP contribution in [-0.2, 0) is 6.18 Å². The van der Waals surface area contributed by atoms with Gasteiger partial charge in [0, 0.05) is 28.3 Å². The molecule has 1 amide bonds. The van der Waals surface area contributed by atoms with E-state index in [4.69, 9.17) is 11.6 Å². The standard InChI is InChI=1S/C15H9ClF3N3O3/c16-13-5-4-12(22(24)25)7-10(13)8-20-21-14(23)9-2-1-3-11(6-9)15(17,18)19/h1-8H,(H,21,23). The average Bonchev–Trinajstić information content (AvgIpc) is 2.55. The van der Waals surface area contributed by atoms with Gasteiger partial charge in [0.05, 0.1) is 16.7 Å². The molecule has 0 radical (unpaired) electrons. The molecule has 0 aliphatic carbocycles. The first-order valence-corrected chi connectivity index (χ1v) is 7.01. The van der Waals surface area contributed by atoms with Gasteiger partial charge in [0.25, 0.3) is 11.6 Å². The predicted octanol–water partition coefficient (Wildman–Crippen LogP) is 4.03. The molecular weight excluding hydrogens is 363 g/mol. The minimum Gasteiger partial charge on any atom is -0.267 e. The van der Waals surface area contributed by atoms with E-state index in [9.17, 15) is 28.1 Å². The van der Waals surface area contributed by atoms with Crippen LogP contribution in [0.2, 0.25) is 5.02 Å². The van der Waals surface area contributed by atoms with Gasteiger partial charge in [0.2, 0.25) is 0 Å². The highest BCUT2D eigenvalue weighted by Crippen LogP contribution is 2.29. The van der Waals surface area contributed by atoms with Gasteiger partial charge in [0.15, 0.2) is 0 Å². The molecule has 2 aromatic carbocycles. The summed E-state index contributed by atoms with van der Waals surface area (Å²) in [5.74, 6) is -0.871. The molecule has 0 bridgehead atoms. The van der Waals surface area contributed by atoms with Crippen molar-refractivity contribution < 1.29 is 22.9 Å². The second kappa shape index (κ2) is 7.31. The average molecular weight is 372 g/mol. The van der Waals surface area contributed by atoms with Gasteiger partial charge >= 0.3 is 6.18 Å². The number of carbonyl (C=O) groups excluding carboxylic acids is 1. The number of halogens is 4. The number of nitrogens with one attached hydrogen (secondary N) is 1. The van der Waals surface area contributed by atoms with E-state index < -0.39 is 22.6 Å². The summed E-state index contributed by atoms with van der Waals surface area (Å²) in [5, 5.41) is 14.4. The summed E-state index contributed by atoms with van der Waals surface area (Å²) in [5.41, 5.74) is 0.771. The van der Waals surface area contributed by atoms with Gasteiger partial charge in [0.1, 0.15) is 0 Å². The summed E-state index contributed by atoms with van der Waals surface area (Å²) in [7, 11) is 0. The van der Waals surface area contributed by atoms with E-state index >= 15 is 0 Å². The van der Waals surface area contributed by atoms with Gasteiger partial charge in [-0.15, -0.1) is 0 Å². The summed E-state index contributed by atoms with van der Waals surface area (Å²) in [6, 6.07) is 7.44. The van der Waals surface area contributed by atoms with Crippen LogP contribution >= 0.6 is 11.6 Å². The molecule has 25 heavy (non-hydrogen) atoms. The third-order valence-electron chi connectivity index (χ3n) is 3.01. The Morgan fingerprint density at radius 2 is 1.96 bits per heavy atom. The molecular formula is C15H9ClF3N3O3. The van der Waals surface area contributed by atoms with Crippen LogP contribution in [0.25, 0.3) is 0 Å². The molecule has 2 aromatic rings. The van der Waals surface area contributed by atoms with Crippen LogP contribution in [0.3, 0.4) is 0 Å². The van der Waals surface area contributed by atoms with Crippen molar-refractivity contribution in [1.29, 1.82) is 0 Å². The summed E-state index contributed by atoms with van der Waals surface area (Å²) < 4.78 is 37.9. The number of nitro benzene ring substituents is 1.